The van der Waals surface area contributed by atoms with E-state index in [0.29, 0.717) is 16.9 Å². The van der Waals surface area contributed by atoms with Crippen LogP contribution in [0.25, 0.3) is 0 Å². The minimum Gasteiger partial charge on any atom is -0.487 e. The number of carbonyl (C=O) groups excluding carboxylic acids is 2. The maximum absolute atomic E-state index is 12.5. The fourth-order valence-electron chi connectivity index (χ4n) is 2.37. The Bertz CT molecular complexity index is 864. The topological polar surface area (TPSA) is 111 Å². The molecule has 0 aromatic heterocycles. The molecule has 0 unspecified atom stereocenters. The first-order valence-electron chi connectivity index (χ1n) is 7.93. The molecule has 0 atom stereocenters. The van der Waals surface area contributed by atoms with Crippen molar-refractivity contribution in [3.8, 4) is 5.75 Å². The summed E-state index contributed by atoms with van der Waals surface area (Å²) in [5, 5.41) is 16.6. The summed E-state index contributed by atoms with van der Waals surface area (Å²) in [6.45, 7) is 5.14. The molecule has 0 saturated heterocycles. The van der Waals surface area contributed by atoms with Crippen LogP contribution in [0.2, 0.25) is 0 Å². The quantitative estimate of drug-likeness (QED) is 0.607. The van der Waals surface area contributed by atoms with Gasteiger partial charge in [0.1, 0.15) is 0 Å². The molecule has 2 rings (SSSR count). The molecule has 2 amide bonds. The van der Waals surface area contributed by atoms with Crippen LogP contribution in [0.5, 0.6) is 5.75 Å². The number of amides is 2. The highest BCUT2D eigenvalue weighted by atomic mass is 16.6. The summed E-state index contributed by atoms with van der Waals surface area (Å²) >= 11 is 0. The third-order valence-corrected chi connectivity index (χ3v) is 3.61. The highest BCUT2D eigenvalue weighted by molar-refractivity contribution is 6.05. The van der Waals surface area contributed by atoms with Crippen LogP contribution >= 0.6 is 0 Å². The van der Waals surface area contributed by atoms with Gasteiger partial charge in [-0.1, -0.05) is 6.07 Å². The van der Waals surface area contributed by atoms with Gasteiger partial charge in [-0.2, -0.15) is 0 Å². The third-order valence-electron chi connectivity index (χ3n) is 3.61. The van der Waals surface area contributed by atoms with Gasteiger partial charge in [0.2, 0.25) is 5.91 Å². The van der Waals surface area contributed by atoms with Crippen LogP contribution in [0.15, 0.2) is 36.4 Å². The average molecular weight is 357 g/mol. The fourth-order valence-corrected chi connectivity index (χ4v) is 2.37. The van der Waals surface area contributed by atoms with E-state index in [9.17, 15) is 19.7 Å². The largest absolute Gasteiger partial charge is 0.487 e. The smallest absolute Gasteiger partial charge is 0.311 e. The van der Waals surface area contributed by atoms with Crippen molar-refractivity contribution in [3.63, 3.8) is 0 Å². The lowest BCUT2D eigenvalue weighted by Crippen LogP contribution is -2.14. The molecule has 26 heavy (non-hydrogen) atoms. The Balaban J connectivity index is 2.29. The van der Waals surface area contributed by atoms with Crippen molar-refractivity contribution < 1.29 is 19.2 Å². The summed E-state index contributed by atoms with van der Waals surface area (Å²) in [6, 6.07) is 9.12. The SMILES string of the molecule is CCOc1ccc(C(=O)Nc2cccc(NC(C)=O)c2C)cc1[N+](=O)[O-]. The molecule has 136 valence electrons. The molecule has 8 nitrogen and oxygen atoms in total. The average Bonchev–Trinajstić information content (AvgIpc) is 2.58. The summed E-state index contributed by atoms with van der Waals surface area (Å²) in [5.74, 6) is -0.615. The number of benzene rings is 2. The Labute approximate surface area is 150 Å². The number of carbonyl (C=O) groups is 2. The zero-order valence-electron chi connectivity index (χ0n) is 14.7. The number of hydrogen-bond acceptors (Lipinski definition) is 5. The van der Waals surface area contributed by atoms with Crippen molar-refractivity contribution in [2.45, 2.75) is 20.8 Å². The minimum absolute atomic E-state index is 0.109. The van der Waals surface area contributed by atoms with Gasteiger partial charge in [-0.25, -0.2) is 0 Å². The van der Waals surface area contributed by atoms with Crippen LogP contribution in [0.4, 0.5) is 17.1 Å². The summed E-state index contributed by atoms with van der Waals surface area (Å²) in [4.78, 5) is 34.3. The van der Waals surface area contributed by atoms with Gasteiger partial charge < -0.3 is 15.4 Å². The van der Waals surface area contributed by atoms with E-state index in [1.54, 1.807) is 32.0 Å². The van der Waals surface area contributed by atoms with E-state index in [1.807, 2.05) is 0 Å². The van der Waals surface area contributed by atoms with Gasteiger partial charge in [0.15, 0.2) is 5.75 Å². The molecule has 0 aliphatic heterocycles. The van der Waals surface area contributed by atoms with Crippen LogP contribution in [0, 0.1) is 17.0 Å². The Morgan fingerprint density at radius 2 is 1.81 bits per heavy atom. The number of anilines is 2. The molecule has 2 aromatic rings. The summed E-state index contributed by atoms with van der Waals surface area (Å²) in [5.41, 5.74) is 1.61. The second kappa shape index (κ2) is 8.11. The standard InChI is InChI=1S/C18H19N3O5/c1-4-26-17-9-8-13(10-16(17)21(24)25)18(23)20-15-7-5-6-14(11(15)2)19-12(3)22/h5-10H,4H2,1-3H3,(H,19,22)(H,20,23). The lowest BCUT2D eigenvalue weighted by atomic mass is 10.1. The summed E-state index contributed by atoms with van der Waals surface area (Å²) in [6.07, 6.45) is 0. The van der Waals surface area contributed by atoms with Gasteiger partial charge in [-0.15, -0.1) is 0 Å². The van der Waals surface area contributed by atoms with Gasteiger partial charge in [0, 0.05) is 29.9 Å². The van der Waals surface area contributed by atoms with Crippen LogP contribution in [0.3, 0.4) is 0 Å². The van der Waals surface area contributed by atoms with Crippen molar-refractivity contribution in [1.82, 2.24) is 0 Å². The lowest BCUT2D eigenvalue weighted by Gasteiger charge is -2.13. The normalized spacial score (nSPS) is 10.1. The van der Waals surface area contributed by atoms with Gasteiger partial charge >= 0.3 is 5.69 Å². The fraction of sp³-hybridized carbons (Fsp3) is 0.222. The third kappa shape index (κ3) is 4.35. The molecule has 0 radical (unpaired) electrons. The van der Waals surface area contributed by atoms with Crippen molar-refractivity contribution >= 4 is 28.9 Å². The first kappa shape index (κ1) is 18.9. The number of nitro benzene ring substituents is 1. The molecule has 0 aliphatic carbocycles. The number of rotatable bonds is 6. The monoisotopic (exact) mass is 357 g/mol. The number of nitrogens with zero attached hydrogens (tertiary/aromatic N) is 1. The zero-order valence-corrected chi connectivity index (χ0v) is 14.7. The van der Waals surface area contributed by atoms with E-state index >= 15 is 0 Å². The van der Waals surface area contributed by atoms with E-state index in [-0.39, 0.29) is 29.5 Å². The molecule has 0 fully saturated rings. The predicted octanol–water partition coefficient (Wildman–Crippen LogP) is 3.51. The van der Waals surface area contributed by atoms with Crippen molar-refractivity contribution in [2.75, 3.05) is 17.2 Å². The van der Waals surface area contributed by atoms with E-state index in [4.69, 9.17) is 4.74 Å². The summed E-state index contributed by atoms with van der Waals surface area (Å²) in [7, 11) is 0. The van der Waals surface area contributed by atoms with Crippen molar-refractivity contribution in [2.24, 2.45) is 0 Å². The Morgan fingerprint density at radius 3 is 2.38 bits per heavy atom. The molecule has 2 N–H and O–H groups in total. The van der Waals surface area contributed by atoms with Crippen LogP contribution in [-0.2, 0) is 4.79 Å². The first-order chi connectivity index (χ1) is 12.3. The predicted molar refractivity (Wildman–Crippen MR) is 97.7 cm³/mol. The van der Waals surface area contributed by atoms with Crippen molar-refractivity contribution in [3.05, 3.63) is 57.6 Å². The highest BCUT2D eigenvalue weighted by Crippen LogP contribution is 2.29. The Kier molecular flexibility index (Phi) is 5.90. The number of nitrogens with one attached hydrogen (secondary N) is 2. The molecule has 0 heterocycles. The Morgan fingerprint density at radius 1 is 1.15 bits per heavy atom. The van der Waals surface area contributed by atoms with Gasteiger partial charge in [0.05, 0.1) is 11.5 Å². The van der Waals surface area contributed by atoms with Gasteiger partial charge in [-0.3, -0.25) is 19.7 Å². The van der Waals surface area contributed by atoms with Crippen LogP contribution < -0.4 is 15.4 Å². The molecular formula is C18H19N3O5. The second-order valence-electron chi connectivity index (χ2n) is 5.49. The van der Waals surface area contributed by atoms with Crippen LogP contribution in [0.1, 0.15) is 29.8 Å². The second-order valence-corrected chi connectivity index (χ2v) is 5.49. The van der Waals surface area contributed by atoms with Gasteiger partial charge in [-0.05, 0) is 43.7 Å². The highest BCUT2D eigenvalue weighted by Gasteiger charge is 2.19. The number of nitro groups is 1. The zero-order chi connectivity index (χ0) is 19.3. The Hall–Kier alpha value is -3.42. The molecular weight excluding hydrogens is 338 g/mol. The van der Waals surface area contributed by atoms with E-state index in [2.05, 4.69) is 10.6 Å². The molecule has 0 aliphatic rings. The van der Waals surface area contributed by atoms with Gasteiger partial charge in [0.25, 0.3) is 5.91 Å². The number of ether oxygens (including phenoxy) is 1. The van der Waals surface area contributed by atoms with Crippen LogP contribution in [-0.4, -0.2) is 23.3 Å². The molecule has 8 heteroatoms. The molecule has 0 saturated carbocycles. The maximum atomic E-state index is 12.5. The van der Waals surface area contributed by atoms with E-state index in [1.165, 1.54) is 25.1 Å². The number of hydrogen-bond donors (Lipinski definition) is 2. The summed E-state index contributed by atoms with van der Waals surface area (Å²) < 4.78 is 5.21. The van der Waals surface area contributed by atoms with E-state index in [0.717, 1.165) is 0 Å². The lowest BCUT2D eigenvalue weighted by molar-refractivity contribution is -0.385. The molecule has 0 spiro atoms. The van der Waals surface area contributed by atoms with E-state index < -0.39 is 10.8 Å². The minimum atomic E-state index is -0.593. The van der Waals surface area contributed by atoms with Crippen molar-refractivity contribution in [1.29, 1.82) is 0 Å². The maximum Gasteiger partial charge on any atom is 0.311 e. The molecule has 0 bridgehead atoms. The molecule has 2 aromatic carbocycles. The first-order valence-corrected chi connectivity index (χ1v) is 7.93.